The van der Waals surface area contributed by atoms with Crippen molar-refractivity contribution in [2.75, 3.05) is 19.8 Å². The first-order valence-electron chi connectivity index (χ1n) is 6.63. The minimum Gasteiger partial charge on any atom is -0.379 e. The van der Waals surface area contributed by atoms with Crippen LogP contribution < -0.4 is 5.32 Å². The lowest BCUT2D eigenvalue weighted by Gasteiger charge is -2.15. The van der Waals surface area contributed by atoms with Gasteiger partial charge in [-0.1, -0.05) is 30.3 Å². The van der Waals surface area contributed by atoms with Crippen LogP contribution in [0, 0.1) is 0 Å². The van der Waals surface area contributed by atoms with E-state index in [4.69, 9.17) is 12.2 Å². The first-order valence-corrected chi connectivity index (χ1v) is 5.63. The Morgan fingerprint density at radius 2 is 2.29 bits per heavy atom. The highest BCUT2D eigenvalue weighted by Crippen LogP contribution is 2.02. The van der Waals surface area contributed by atoms with Gasteiger partial charge >= 0.3 is 0 Å². The number of benzene rings is 1. The third kappa shape index (κ3) is 4.17. The Bertz CT molecular complexity index is 425. The topological polar surface area (TPSA) is 47.6 Å². The van der Waals surface area contributed by atoms with Crippen LogP contribution in [0.4, 0.5) is 0 Å². The first kappa shape index (κ1) is 9.62. The normalized spacial score (nSPS) is 23.3. The van der Waals surface area contributed by atoms with E-state index in [0.29, 0.717) is 6.61 Å². The molecule has 4 nitrogen and oxygen atoms in total. The predicted octanol–water partition coefficient (Wildman–Crippen LogP) is 1.11. The minimum absolute atomic E-state index is 0.119. The van der Waals surface area contributed by atoms with Gasteiger partial charge in [0.25, 0.3) is 0 Å². The molecule has 0 aromatic heterocycles. The molecule has 0 saturated carbocycles. The monoisotopic (exact) mass is 237 g/mol. The van der Waals surface area contributed by atoms with E-state index in [-0.39, 0.29) is 25.5 Å². The van der Waals surface area contributed by atoms with Crippen molar-refractivity contribution in [2.45, 2.75) is 19.1 Å². The standard InChI is InChI=1S/C13H17NO3/c15-13-6-7-16-9-12(14-13)10-17-8-11-4-2-1-3-5-11/h1-5,12H,6-10H2,(H,14,15)/t12-/m0/s1/i10D2. The third-order valence-corrected chi connectivity index (χ3v) is 2.40. The summed E-state index contributed by atoms with van der Waals surface area (Å²) in [6, 6.07) is 8.55. The van der Waals surface area contributed by atoms with Gasteiger partial charge in [0.2, 0.25) is 5.91 Å². The molecule has 2 rings (SSSR count). The fraction of sp³-hybridized carbons (Fsp3) is 0.462. The number of rotatable bonds is 4. The summed E-state index contributed by atoms with van der Waals surface area (Å²) >= 11 is 0. The second kappa shape index (κ2) is 6.37. The zero-order valence-corrected chi connectivity index (χ0v) is 9.52. The maximum Gasteiger partial charge on any atom is 0.222 e. The van der Waals surface area contributed by atoms with Crippen molar-refractivity contribution < 1.29 is 17.0 Å². The second-order valence-electron chi connectivity index (χ2n) is 3.84. The fourth-order valence-corrected chi connectivity index (χ4v) is 1.54. The molecule has 92 valence electrons. The molecule has 1 saturated heterocycles. The van der Waals surface area contributed by atoms with Crippen LogP contribution in [0.2, 0.25) is 0 Å². The van der Waals surface area contributed by atoms with E-state index in [0.717, 1.165) is 5.56 Å². The molecule has 17 heavy (non-hydrogen) atoms. The van der Waals surface area contributed by atoms with Gasteiger partial charge in [-0.05, 0) is 5.56 Å². The maximum absolute atomic E-state index is 11.4. The number of hydrogen-bond donors (Lipinski definition) is 1. The van der Waals surface area contributed by atoms with Crippen molar-refractivity contribution in [3.63, 3.8) is 0 Å². The largest absolute Gasteiger partial charge is 0.379 e. The summed E-state index contributed by atoms with van der Waals surface area (Å²) in [4.78, 5) is 11.4. The van der Waals surface area contributed by atoms with Crippen LogP contribution in [0.15, 0.2) is 30.3 Å². The van der Waals surface area contributed by atoms with Gasteiger partial charge in [0, 0.05) is 6.42 Å². The summed E-state index contributed by atoms with van der Waals surface area (Å²) < 4.78 is 26.3. The molecule has 4 heteroatoms. The SMILES string of the molecule is [2H]C([2H])(OCc1ccccc1)[C@@H]1COCCC(=O)N1. The zero-order chi connectivity index (χ0) is 13.7. The first-order chi connectivity index (χ1) is 9.08. The van der Waals surface area contributed by atoms with Crippen molar-refractivity contribution in [1.29, 1.82) is 0 Å². The van der Waals surface area contributed by atoms with E-state index in [2.05, 4.69) is 5.32 Å². The van der Waals surface area contributed by atoms with Crippen LogP contribution in [-0.4, -0.2) is 31.7 Å². The number of amides is 1. The Labute approximate surface area is 104 Å². The van der Waals surface area contributed by atoms with Gasteiger partial charge in [-0.3, -0.25) is 4.79 Å². The van der Waals surface area contributed by atoms with Gasteiger partial charge in [-0.2, -0.15) is 0 Å². The van der Waals surface area contributed by atoms with Crippen LogP contribution in [0.1, 0.15) is 14.7 Å². The molecule has 0 aliphatic carbocycles. The van der Waals surface area contributed by atoms with Crippen LogP contribution in [0.5, 0.6) is 0 Å². The molecular formula is C13H17NO3. The smallest absolute Gasteiger partial charge is 0.222 e. The lowest BCUT2D eigenvalue weighted by molar-refractivity contribution is -0.121. The molecule has 1 atom stereocenters. The molecule has 1 aliphatic rings. The van der Waals surface area contributed by atoms with Gasteiger partial charge in [0.15, 0.2) is 0 Å². The molecule has 0 bridgehead atoms. The van der Waals surface area contributed by atoms with Crippen molar-refractivity contribution >= 4 is 5.91 Å². The molecule has 1 aliphatic heterocycles. The summed E-state index contributed by atoms with van der Waals surface area (Å²) in [6.07, 6.45) is 0.255. The summed E-state index contributed by atoms with van der Waals surface area (Å²) in [5.41, 5.74) is 0.882. The van der Waals surface area contributed by atoms with E-state index in [1.54, 1.807) is 0 Å². The average Bonchev–Trinajstić information content (AvgIpc) is 2.63. The van der Waals surface area contributed by atoms with Crippen molar-refractivity contribution in [3.8, 4) is 0 Å². The van der Waals surface area contributed by atoms with Gasteiger partial charge in [-0.25, -0.2) is 0 Å². The maximum atomic E-state index is 11.4. The second-order valence-corrected chi connectivity index (χ2v) is 3.84. The highest BCUT2D eigenvalue weighted by Gasteiger charge is 2.16. The average molecular weight is 237 g/mol. The molecule has 1 fully saturated rings. The van der Waals surface area contributed by atoms with E-state index >= 15 is 0 Å². The van der Waals surface area contributed by atoms with Gasteiger partial charge in [-0.15, -0.1) is 0 Å². The molecule has 1 amide bonds. The van der Waals surface area contributed by atoms with Crippen molar-refractivity contribution in [3.05, 3.63) is 35.9 Å². The number of hydrogen-bond acceptors (Lipinski definition) is 3. The molecule has 1 heterocycles. The summed E-state index contributed by atoms with van der Waals surface area (Å²) in [5.74, 6) is -0.213. The number of carbonyl (C=O) groups excluding carboxylic acids is 1. The Balaban J connectivity index is 1.94. The van der Waals surface area contributed by atoms with Crippen molar-refractivity contribution in [1.82, 2.24) is 5.32 Å². The number of nitrogens with one attached hydrogen (secondary N) is 1. The quantitative estimate of drug-likeness (QED) is 0.853. The van der Waals surface area contributed by atoms with E-state index in [1.807, 2.05) is 30.3 Å². The predicted molar refractivity (Wildman–Crippen MR) is 63.5 cm³/mol. The Kier molecular flexibility index (Phi) is 3.61. The van der Waals surface area contributed by atoms with Gasteiger partial charge in [0.05, 0.1) is 35.2 Å². The highest BCUT2D eigenvalue weighted by molar-refractivity contribution is 5.76. The fourth-order valence-electron chi connectivity index (χ4n) is 1.54. The van der Waals surface area contributed by atoms with Crippen LogP contribution in [-0.2, 0) is 20.9 Å². The lowest BCUT2D eigenvalue weighted by Crippen LogP contribution is -2.39. The van der Waals surface area contributed by atoms with E-state index in [1.165, 1.54) is 0 Å². The highest BCUT2D eigenvalue weighted by atomic mass is 16.5. The Morgan fingerprint density at radius 1 is 1.47 bits per heavy atom. The minimum atomic E-state index is -1.96. The molecule has 1 aromatic rings. The molecule has 1 N–H and O–H groups in total. The van der Waals surface area contributed by atoms with Crippen LogP contribution in [0.25, 0.3) is 0 Å². The van der Waals surface area contributed by atoms with Crippen LogP contribution >= 0.6 is 0 Å². The van der Waals surface area contributed by atoms with E-state index in [9.17, 15) is 4.79 Å². The number of ether oxygens (including phenoxy) is 2. The van der Waals surface area contributed by atoms with Gasteiger partial charge in [0.1, 0.15) is 0 Å². The number of carbonyl (C=O) groups is 1. The van der Waals surface area contributed by atoms with Gasteiger partial charge < -0.3 is 14.8 Å². The Morgan fingerprint density at radius 3 is 3.12 bits per heavy atom. The molecule has 1 aromatic carbocycles. The molecular weight excluding hydrogens is 218 g/mol. The molecule has 0 spiro atoms. The van der Waals surface area contributed by atoms with E-state index < -0.39 is 12.6 Å². The summed E-state index contributed by atoms with van der Waals surface area (Å²) in [6.45, 7) is -1.37. The lowest BCUT2D eigenvalue weighted by atomic mass is 10.2. The summed E-state index contributed by atoms with van der Waals surface area (Å²) in [5, 5.41) is 2.59. The van der Waals surface area contributed by atoms with Crippen molar-refractivity contribution in [2.24, 2.45) is 0 Å². The Hall–Kier alpha value is -1.39. The molecule has 0 unspecified atom stereocenters. The zero-order valence-electron chi connectivity index (χ0n) is 11.5. The van der Waals surface area contributed by atoms with Crippen LogP contribution in [0.3, 0.4) is 0 Å². The third-order valence-electron chi connectivity index (χ3n) is 2.40. The summed E-state index contributed by atoms with van der Waals surface area (Å²) in [7, 11) is 0. The molecule has 0 radical (unpaired) electrons.